The lowest BCUT2D eigenvalue weighted by Crippen LogP contribution is -2.24. The molecule has 7 nitrogen and oxygen atoms in total. The molecule has 0 spiro atoms. The normalized spacial score (nSPS) is 12.1. The van der Waals surface area contributed by atoms with Gasteiger partial charge in [0.25, 0.3) is 0 Å². The largest absolute Gasteiger partial charge is 0.334 e. The summed E-state index contributed by atoms with van der Waals surface area (Å²) in [5.41, 5.74) is 21.4. The predicted molar refractivity (Wildman–Crippen MR) is 445 cm³/mol. The van der Waals surface area contributed by atoms with Crippen LogP contribution in [0.4, 0.5) is 0 Å². The Balaban J connectivity index is 0.730. The van der Waals surface area contributed by atoms with Gasteiger partial charge in [-0.05, 0) is 243 Å². The summed E-state index contributed by atoms with van der Waals surface area (Å²) in [5.74, 6) is 0. The van der Waals surface area contributed by atoms with Crippen LogP contribution >= 0.6 is 0 Å². The lowest BCUT2D eigenvalue weighted by molar-refractivity contribution is 0.836. The predicted octanol–water partition coefficient (Wildman–Crippen LogP) is 24.5. The zero-order valence-electron chi connectivity index (χ0n) is 57.8. The first kappa shape index (κ1) is 59.7. The molecule has 0 saturated carbocycles. The van der Waals surface area contributed by atoms with Gasteiger partial charge in [0.15, 0.2) is 5.65 Å². The standard InChI is InChI=1S/C99H61N5O2/c1-101-88-29-15-13-27-83(88)92-57-69-37-35-67(55-90(69)103(92)98(101)105)63-33-34-64-52-70(40-36-62(64)49-63)93-76-23-9-10-24-77(76)94(71-38-31-58-17-3-5-19-60(58)50-71)85-53-65(41-44-81(85)93)66-42-45-82-86(54-66)95(72-39-32-59-18-4-6-20-61(59)51-72)78-25-11-12-26-79(78)96(82)80-48-47-73(74-21-7-8-22-75(74)80)68-43-46-84-91(56-68)102(2)99(106)104-89-30-16-14-28-87(89)100-97(84)104/h3-57H,1-2H3. The van der Waals surface area contributed by atoms with E-state index in [0.717, 1.165) is 137 Å². The van der Waals surface area contributed by atoms with Gasteiger partial charge >= 0.3 is 11.4 Å². The van der Waals surface area contributed by atoms with Crippen LogP contribution in [-0.4, -0.2) is 22.9 Å². The molecule has 0 aliphatic heterocycles. The zero-order chi connectivity index (χ0) is 70.2. The summed E-state index contributed by atoms with van der Waals surface area (Å²) in [6.45, 7) is 0. The molecule has 0 radical (unpaired) electrons. The van der Waals surface area contributed by atoms with E-state index in [4.69, 9.17) is 4.98 Å². The molecule has 0 atom stereocenters. The van der Waals surface area contributed by atoms with Gasteiger partial charge in [0.1, 0.15) is 0 Å². The molecular weight excluding hydrogens is 1290 g/mol. The van der Waals surface area contributed by atoms with Crippen molar-refractivity contribution in [2.75, 3.05) is 0 Å². The van der Waals surface area contributed by atoms with E-state index in [9.17, 15) is 9.59 Å². The first-order valence-corrected chi connectivity index (χ1v) is 36.2. The van der Waals surface area contributed by atoms with E-state index >= 15 is 0 Å². The quantitative estimate of drug-likeness (QED) is 0.149. The van der Waals surface area contributed by atoms with Gasteiger partial charge in [-0.15, -0.1) is 0 Å². The number of nitrogens with zero attached hydrogens (tertiary/aromatic N) is 5. The molecule has 0 aliphatic rings. The molecule has 106 heavy (non-hydrogen) atoms. The van der Waals surface area contributed by atoms with Gasteiger partial charge in [0.05, 0.1) is 33.1 Å². The Morgan fingerprint density at radius 1 is 0.217 bits per heavy atom. The zero-order valence-corrected chi connectivity index (χ0v) is 57.8. The SMILES string of the molecule is Cn1c(=O)n2c3cc(-c4ccc5cc(-c6c7ccccc7c(-c7ccc8ccccc8c7)c7cc(-c8ccc9c(-c%10ccc(-c%11ccc%12c(c%11)n(C)c(=O)n%11c%13ccccc%13nc%12%11)c%11ccccc%10%11)c%10ccccc%10c(-c%10ccc%11ccccc%11c%10)c9c8)ccc67)ccc5c4)ccc3cc2c2ccccc21. The Kier molecular flexibility index (Phi) is 12.8. The molecular formula is C99H61N5O2. The first-order chi connectivity index (χ1) is 52.2. The van der Waals surface area contributed by atoms with E-state index in [-0.39, 0.29) is 11.4 Å². The van der Waals surface area contributed by atoms with Crippen LogP contribution in [0.25, 0.3) is 219 Å². The summed E-state index contributed by atoms with van der Waals surface area (Å²) < 4.78 is 7.10. The summed E-state index contributed by atoms with van der Waals surface area (Å²) >= 11 is 0. The third-order valence-corrected chi connectivity index (χ3v) is 22.9. The van der Waals surface area contributed by atoms with Crippen molar-refractivity contribution in [1.29, 1.82) is 0 Å². The van der Waals surface area contributed by atoms with E-state index in [1.807, 2.05) is 61.0 Å². The van der Waals surface area contributed by atoms with Crippen molar-refractivity contribution in [3.8, 4) is 77.9 Å². The molecule has 0 fully saturated rings. The van der Waals surface area contributed by atoms with Gasteiger partial charge in [-0.25, -0.2) is 19.0 Å². The van der Waals surface area contributed by atoms with E-state index in [2.05, 4.69) is 291 Å². The molecule has 22 aromatic rings. The van der Waals surface area contributed by atoms with Crippen molar-refractivity contribution in [2.45, 2.75) is 0 Å². The van der Waals surface area contributed by atoms with Gasteiger partial charge < -0.3 is 0 Å². The highest BCUT2D eigenvalue weighted by Crippen LogP contribution is 2.51. The smallest absolute Gasteiger partial charge is 0.296 e. The van der Waals surface area contributed by atoms with E-state index in [1.165, 1.54) is 76.1 Å². The molecule has 0 amide bonds. The van der Waals surface area contributed by atoms with Crippen LogP contribution in [0.1, 0.15) is 0 Å². The van der Waals surface area contributed by atoms with E-state index in [0.29, 0.717) is 5.65 Å². The highest BCUT2D eigenvalue weighted by atomic mass is 16.2. The average molecular weight is 1350 g/mol. The van der Waals surface area contributed by atoms with Crippen molar-refractivity contribution in [1.82, 2.24) is 22.9 Å². The van der Waals surface area contributed by atoms with Crippen molar-refractivity contribution in [3.05, 3.63) is 355 Å². The minimum atomic E-state index is -0.131. The fourth-order valence-electron chi connectivity index (χ4n) is 17.8. The molecule has 4 heterocycles. The molecule has 22 rings (SSSR count). The van der Waals surface area contributed by atoms with Crippen LogP contribution in [0.5, 0.6) is 0 Å². The highest BCUT2D eigenvalue weighted by Gasteiger charge is 2.25. The van der Waals surface area contributed by atoms with Gasteiger partial charge in [-0.2, -0.15) is 0 Å². The van der Waals surface area contributed by atoms with Crippen LogP contribution in [0.15, 0.2) is 343 Å². The van der Waals surface area contributed by atoms with Gasteiger partial charge in [0, 0.05) is 30.3 Å². The van der Waals surface area contributed by atoms with Gasteiger partial charge in [-0.3, -0.25) is 13.5 Å². The highest BCUT2D eigenvalue weighted by molar-refractivity contribution is 6.26. The Labute approximate surface area is 606 Å². The second-order valence-electron chi connectivity index (χ2n) is 28.5. The minimum Gasteiger partial charge on any atom is -0.296 e. The maximum atomic E-state index is 14.2. The number of hydrogen-bond acceptors (Lipinski definition) is 3. The molecule has 7 heteroatoms. The Morgan fingerprint density at radius 2 is 0.594 bits per heavy atom. The number of hydrogen-bond donors (Lipinski definition) is 0. The second-order valence-corrected chi connectivity index (χ2v) is 28.5. The topological polar surface area (TPSA) is 65.7 Å². The summed E-state index contributed by atoms with van der Waals surface area (Å²) in [6, 6.07) is 122. The average Bonchev–Trinajstić information content (AvgIpc) is 0.908. The fraction of sp³-hybridized carbons (Fsp3) is 0.0202. The maximum Gasteiger partial charge on any atom is 0.334 e. The third-order valence-electron chi connectivity index (χ3n) is 22.9. The second kappa shape index (κ2) is 22.7. The maximum absolute atomic E-state index is 14.2. The minimum absolute atomic E-state index is 0.0619. The summed E-state index contributed by atoms with van der Waals surface area (Å²) in [5, 5.41) is 21.7. The molecule has 0 aliphatic carbocycles. The number of fused-ring (bicyclic) bond motifs is 18. The van der Waals surface area contributed by atoms with Crippen LogP contribution in [0, 0.1) is 0 Å². The van der Waals surface area contributed by atoms with Crippen LogP contribution in [0.2, 0.25) is 0 Å². The fourth-order valence-corrected chi connectivity index (χ4v) is 17.8. The van der Waals surface area contributed by atoms with Gasteiger partial charge in [-0.1, -0.05) is 255 Å². The molecule has 4 aromatic heterocycles. The van der Waals surface area contributed by atoms with E-state index < -0.39 is 0 Å². The molecule has 0 N–H and O–H groups in total. The summed E-state index contributed by atoms with van der Waals surface area (Å²) in [4.78, 5) is 33.3. The number of aromatic nitrogens is 5. The van der Waals surface area contributed by atoms with Crippen LogP contribution in [0.3, 0.4) is 0 Å². The summed E-state index contributed by atoms with van der Waals surface area (Å²) in [7, 11) is 3.72. The molecule has 0 bridgehead atoms. The molecule has 494 valence electrons. The Morgan fingerprint density at radius 3 is 1.22 bits per heavy atom. The van der Waals surface area contributed by atoms with Crippen molar-refractivity contribution in [3.63, 3.8) is 0 Å². The summed E-state index contributed by atoms with van der Waals surface area (Å²) in [6.07, 6.45) is 0. The van der Waals surface area contributed by atoms with Crippen LogP contribution < -0.4 is 11.4 Å². The van der Waals surface area contributed by atoms with Gasteiger partial charge in [0.2, 0.25) is 0 Å². The molecule has 0 unspecified atom stereocenters. The van der Waals surface area contributed by atoms with Crippen molar-refractivity contribution >= 4 is 141 Å². The monoisotopic (exact) mass is 1350 g/mol. The lowest BCUT2D eigenvalue weighted by Gasteiger charge is -2.21. The molecule has 18 aromatic carbocycles. The number of rotatable bonds is 7. The number of para-hydroxylation sites is 3. The van der Waals surface area contributed by atoms with Crippen molar-refractivity contribution in [2.24, 2.45) is 14.1 Å². The Bertz CT molecular complexity index is 7800. The number of imidazole rings is 1. The molecule has 0 saturated heterocycles. The lowest BCUT2D eigenvalue weighted by atomic mass is 9.82. The van der Waals surface area contributed by atoms with E-state index in [1.54, 1.807) is 13.5 Å². The van der Waals surface area contributed by atoms with Crippen molar-refractivity contribution < 1.29 is 0 Å². The number of aryl methyl sites for hydroxylation is 2. The Hall–Kier alpha value is -14.0. The number of benzene rings is 18. The van der Waals surface area contributed by atoms with Crippen LogP contribution in [-0.2, 0) is 14.1 Å². The first-order valence-electron chi connectivity index (χ1n) is 36.2. The third kappa shape index (κ3) is 8.84.